The van der Waals surface area contributed by atoms with Crippen LogP contribution in [0, 0.1) is 11.8 Å². The average Bonchev–Trinajstić information content (AvgIpc) is 3.20. The van der Waals surface area contributed by atoms with Gasteiger partial charge in [-0.3, -0.25) is 0 Å². The van der Waals surface area contributed by atoms with Crippen molar-refractivity contribution >= 4 is 0 Å². The van der Waals surface area contributed by atoms with Gasteiger partial charge >= 0.3 is 0 Å². The van der Waals surface area contributed by atoms with E-state index in [4.69, 9.17) is 0 Å². The Morgan fingerprint density at radius 2 is 2.10 bits per heavy atom. The van der Waals surface area contributed by atoms with Gasteiger partial charge in [-0.25, -0.2) is 0 Å². The van der Waals surface area contributed by atoms with E-state index in [1.165, 1.54) is 45.1 Å². The van der Waals surface area contributed by atoms with Gasteiger partial charge in [0.2, 0.25) is 0 Å². The first kappa shape index (κ1) is 14.1. The molecule has 1 nitrogen and oxygen atoms in total. The van der Waals surface area contributed by atoms with Crippen molar-refractivity contribution in [3.05, 3.63) is 35.4 Å². The highest BCUT2D eigenvalue weighted by molar-refractivity contribution is 5.32. The predicted octanol–water partition coefficient (Wildman–Crippen LogP) is 4.52. The molecule has 0 heterocycles. The molecule has 0 spiro atoms. The van der Waals surface area contributed by atoms with Crippen LogP contribution in [0.25, 0.3) is 0 Å². The first-order valence-corrected chi connectivity index (χ1v) is 8.60. The second kappa shape index (κ2) is 6.30. The second-order valence-corrected chi connectivity index (χ2v) is 6.96. The number of rotatable bonds is 6. The van der Waals surface area contributed by atoms with Gasteiger partial charge in [0.15, 0.2) is 0 Å². The summed E-state index contributed by atoms with van der Waals surface area (Å²) in [5, 5.41) is 3.84. The third kappa shape index (κ3) is 3.09. The van der Waals surface area contributed by atoms with E-state index in [-0.39, 0.29) is 0 Å². The lowest BCUT2D eigenvalue weighted by Crippen LogP contribution is -2.34. The molecule has 0 radical (unpaired) electrons. The van der Waals surface area contributed by atoms with E-state index in [9.17, 15) is 0 Å². The van der Waals surface area contributed by atoms with Gasteiger partial charge in [-0.05, 0) is 74.0 Å². The van der Waals surface area contributed by atoms with Crippen LogP contribution in [-0.2, 0) is 6.42 Å². The fourth-order valence-corrected chi connectivity index (χ4v) is 4.06. The third-order valence-electron chi connectivity index (χ3n) is 5.38. The van der Waals surface area contributed by atoms with E-state index in [1.807, 2.05) is 0 Å². The van der Waals surface area contributed by atoms with Crippen LogP contribution in [0.5, 0.6) is 0 Å². The number of fused-ring (bicyclic) bond motifs is 1. The van der Waals surface area contributed by atoms with Crippen molar-refractivity contribution in [3.63, 3.8) is 0 Å². The Morgan fingerprint density at radius 3 is 2.85 bits per heavy atom. The van der Waals surface area contributed by atoms with Gasteiger partial charge in [0, 0.05) is 6.04 Å². The summed E-state index contributed by atoms with van der Waals surface area (Å²) >= 11 is 0. The summed E-state index contributed by atoms with van der Waals surface area (Å²) in [6, 6.07) is 9.91. The molecule has 1 heteroatoms. The van der Waals surface area contributed by atoms with Crippen molar-refractivity contribution in [2.45, 2.75) is 64.3 Å². The van der Waals surface area contributed by atoms with Crippen LogP contribution < -0.4 is 5.32 Å². The lowest BCUT2D eigenvalue weighted by Gasteiger charge is -2.30. The van der Waals surface area contributed by atoms with Crippen molar-refractivity contribution in [1.29, 1.82) is 0 Å². The molecule has 0 aromatic heterocycles. The molecule has 3 rings (SSSR count). The van der Waals surface area contributed by atoms with Crippen molar-refractivity contribution < 1.29 is 0 Å². The molecule has 20 heavy (non-hydrogen) atoms. The molecular formula is C19H29N. The molecule has 0 amide bonds. The maximum absolute atomic E-state index is 3.84. The molecule has 2 aliphatic rings. The van der Waals surface area contributed by atoms with Crippen LogP contribution in [0.3, 0.4) is 0 Å². The maximum Gasteiger partial charge on any atom is 0.0104 e. The molecule has 1 N–H and O–H groups in total. The first-order chi connectivity index (χ1) is 9.79. The zero-order chi connectivity index (χ0) is 13.9. The minimum Gasteiger partial charge on any atom is -0.314 e. The van der Waals surface area contributed by atoms with Crippen LogP contribution in [0.4, 0.5) is 0 Å². The standard InChI is InChI=1S/C19H29N/c1-3-11-20-19(18-12-14(18)2)13-16-9-6-8-15-7-4-5-10-17(15)16/h4-5,7,10,14,16,18-20H,3,6,8-9,11-13H2,1-2H3. The molecule has 1 aromatic rings. The van der Waals surface area contributed by atoms with Crippen LogP contribution >= 0.6 is 0 Å². The third-order valence-corrected chi connectivity index (χ3v) is 5.38. The van der Waals surface area contributed by atoms with Crippen LogP contribution in [0.2, 0.25) is 0 Å². The fraction of sp³-hybridized carbons (Fsp3) is 0.684. The van der Waals surface area contributed by atoms with E-state index >= 15 is 0 Å². The quantitative estimate of drug-likeness (QED) is 0.802. The number of hydrogen-bond donors (Lipinski definition) is 1. The molecule has 0 aliphatic heterocycles. The highest BCUT2D eigenvalue weighted by Gasteiger charge is 2.40. The zero-order valence-electron chi connectivity index (χ0n) is 13.1. The molecule has 4 atom stereocenters. The molecule has 1 saturated carbocycles. The Balaban J connectivity index is 1.69. The van der Waals surface area contributed by atoms with E-state index in [0.29, 0.717) is 0 Å². The molecular weight excluding hydrogens is 242 g/mol. The maximum atomic E-state index is 3.84. The number of hydrogen-bond acceptors (Lipinski definition) is 1. The molecule has 110 valence electrons. The highest BCUT2D eigenvalue weighted by Crippen LogP contribution is 2.45. The van der Waals surface area contributed by atoms with Crippen LogP contribution in [0.1, 0.15) is 63.0 Å². The monoisotopic (exact) mass is 271 g/mol. The Morgan fingerprint density at radius 1 is 1.30 bits per heavy atom. The summed E-state index contributed by atoms with van der Waals surface area (Å²) in [7, 11) is 0. The van der Waals surface area contributed by atoms with Crippen molar-refractivity contribution in [2.75, 3.05) is 6.54 Å². The first-order valence-electron chi connectivity index (χ1n) is 8.60. The second-order valence-electron chi connectivity index (χ2n) is 6.96. The molecule has 2 aliphatic carbocycles. The lowest BCUT2D eigenvalue weighted by atomic mass is 9.79. The molecule has 4 unspecified atom stereocenters. The minimum absolute atomic E-state index is 0.751. The van der Waals surface area contributed by atoms with Gasteiger partial charge in [0.05, 0.1) is 0 Å². The largest absolute Gasteiger partial charge is 0.314 e. The Hall–Kier alpha value is -0.820. The average molecular weight is 271 g/mol. The van der Waals surface area contributed by atoms with Crippen molar-refractivity contribution in [3.8, 4) is 0 Å². The van der Waals surface area contributed by atoms with Gasteiger partial charge in [0.1, 0.15) is 0 Å². The summed E-state index contributed by atoms with van der Waals surface area (Å²) in [6.07, 6.45) is 8.10. The molecule has 1 aromatic carbocycles. The summed E-state index contributed by atoms with van der Waals surface area (Å²) in [6.45, 7) is 5.87. The molecule has 0 bridgehead atoms. The fourth-order valence-electron chi connectivity index (χ4n) is 4.06. The Labute approximate surface area is 124 Å². The Bertz CT molecular complexity index is 439. The normalized spacial score (nSPS) is 29.8. The van der Waals surface area contributed by atoms with E-state index < -0.39 is 0 Å². The Kier molecular flexibility index (Phi) is 4.45. The lowest BCUT2D eigenvalue weighted by molar-refractivity contribution is 0.370. The topological polar surface area (TPSA) is 12.0 Å². The van der Waals surface area contributed by atoms with Gasteiger partial charge in [0.25, 0.3) is 0 Å². The van der Waals surface area contributed by atoms with Crippen LogP contribution in [0.15, 0.2) is 24.3 Å². The number of nitrogens with one attached hydrogen (secondary N) is 1. The summed E-state index contributed by atoms with van der Waals surface area (Å²) < 4.78 is 0. The smallest absolute Gasteiger partial charge is 0.0104 e. The number of benzene rings is 1. The van der Waals surface area contributed by atoms with E-state index in [2.05, 4.69) is 43.4 Å². The highest BCUT2D eigenvalue weighted by atomic mass is 14.9. The van der Waals surface area contributed by atoms with Crippen molar-refractivity contribution in [1.82, 2.24) is 5.32 Å². The predicted molar refractivity (Wildman–Crippen MR) is 86.1 cm³/mol. The minimum atomic E-state index is 0.751. The summed E-state index contributed by atoms with van der Waals surface area (Å²) in [5.41, 5.74) is 3.26. The molecule has 1 fully saturated rings. The van der Waals surface area contributed by atoms with E-state index in [0.717, 1.165) is 23.8 Å². The summed E-state index contributed by atoms with van der Waals surface area (Å²) in [4.78, 5) is 0. The van der Waals surface area contributed by atoms with Gasteiger partial charge in [-0.1, -0.05) is 38.1 Å². The van der Waals surface area contributed by atoms with Crippen LogP contribution in [-0.4, -0.2) is 12.6 Å². The van der Waals surface area contributed by atoms with Gasteiger partial charge in [-0.2, -0.15) is 0 Å². The SMILES string of the molecule is CCCNC(CC1CCCc2ccccc21)C1CC1C. The molecule has 0 saturated heterocycles. The van der Waals surface area contributed by atoms with Crippen molar-refractivity contribution in [2.24, 2.45) is 11.8 Å². The van der Waals surface area contributed by atoms with E-state index in [1.54, 1.807) is 11.1 Å². The summed E-state index contributed by atoms with van der Waals surface area (Å²) in [5.74, 6) is 2.68. The number of aryl methyl sites for hydroxylation is 1. The van der Waals surface area contributed by atoms with Gasteiger partial charge < -0.3 is 5.32 Å². The zero-order valence-corrected chi connectivity index (χ0v) is 13.1. The van der Waals surface area contributed by atoms with Gasteiger partial charge in [-0.15, -0.1) is 0 Å².